The molecule has 0 spiro atoms. The van der Waals surface area contributed by atoms with E-state index in [0.29, 0.717) is 27.2 Å². The zero-order chi connectivity index (χ0) is 24.5. The van der Waals surface area contributed by atoms with Gasteiger partial charge in [0.25, 0.3) is 5.56 Å². The number of anilines is 1. The minimum atomic E-state index is -4.46. The predicted molar refractivity (Wildman–Crippen MR) is 126 cm³/mol. The fourth-order valence-electron chi connectivity index (χ4n) is 3.31. The molecule has 0 atom stereocenters. The maximum atomic E-state index is 13.6. The number of nitrogens with zero attached hydrogens (tertiary/aromatic N) is 4. The van der Waals surface area contributed by atoms with Gasteiger partial charge in [0, 0.05) is 41.6 Å². The predicted octanol–water partition coefficient (Wildman–Crippen LogP) is 4.09. The third-order valence-corrected chi connectivity index (χ3v) is 5.07. The topological polar surface area (TPSA) is 108 Å². The Kier molecular flexibility index (Phi) is 6.20. The molecule has 0 saturated heterocycles. The number of aromatic nitrogens is 3. The lowest BCUT2D eigenvalue weighted by molar-refractivity contribution is -0.115. The molecule has 4 rings (SSSR count). The molecule has 0 bridgehead atoms. The van der Waals surface area contributed by atoms with Gasteiger partial charge in [-0.25, -0.2) is 15.0 Å². The first-order valence-electron chi connectivity index (χ1n) is 9.88. The van der Waals surface area contributed by atoms with E-state index in [0.717, 1.165) is 0 Å². The Balaban J connectivity index is 1.94. The van der Waals surface area contributed by atoms with Crippen LogP contribution in [-0.2, 0) is 0 Å². The molecule has 12 heteroatoms. The second-order valence-electron chi connectivity index (χ2n) is 7.22. The summed E-state index contributed by atoms with van der Waals surface area (Å²) in [6, 6.07) is 6.44. The molecule has 0 amide bonds. The summed E-state index contributed by atoms with van der Waals surface area (Å²) >= 11 is 5.99. The second-order valence-corrected chi connectivity index (χ2v) is 7.65. The summed E-state index contributed by atoms with van der Waals surface area (Å²) < 4.78 is 39.3. The third kappa shape index (κ3) is 4.84. The van der Waals surface area contributed by atoms with Gasteiger partial charge >= 0.3 is 6.18 Å². The molecule has 1 aromatic carbocycles. The number of benzene rings is 1. The van der Waals surface area contributed by atoms with E-state index >= 15 is 0 Å². The molecule has 0 fully saturated rings. The fourth-order valence-corrected chi connectivity index (χ4v) is 3.43. The van der Waals surface area contributed by atoms with E-state index in [1.54, 1.807) is 43.6 Å². The molecule has 0 unspecified atom stereocenters. The Hall–Kier alpha value is -3.99. The van der Waals surface area contributed by atoms with Crippen molar-refractivity contribution in [2.24, 2.45) is 4.99 Å². The molecular weight excluding hydrogens is 471 g/mol. The molecule has 3 heterocycles. The molecule has 2 aromatic heterocycles. The molecule has 0 aliphatic carbocycles. The highest BCUT2D eigenvalue weighted by molar-refractivity contribution is 6.30. The molecule has 1 aliphatic heterocycles. The van der Waals surface area contributed by atoms with E-state index in [1.807, 2.05) is 0 Å². The lowest BCUT2D eigenvalue weighted by Crippen LogP contribution is -2.25. The van der Waals surface area contributed by atoms with Crippen molar-refractivity contribution in [3.8, 4) is 11.1 Å². The van der Waals surface area contributed by atoms with E-state index in [1.165, 1.54) is 23.2 Å². The van der Waals surface area contributed by atoms with Gasteiger partial charge in [-0.1, -0.05) is 23.7 Å². The molecule has 3 aromatic rings. The Morgan fingerprint density at radius 3 is 2.65 bits per heavy atom. The molecule has 8 nitrogen and oxygen atoms in total. The smallest absolute Gasteiger partial charge is 0.393 e. The number of rotatable bonds is 5. The number of pyridine rings is 1. The summed E-state index contributed by atoms with van der Waals surface area (Å²) in [5.41, 5.74) is 1.17. The minimum absolute atomic E-state index is 0.0218. The van der Waals surface area contributed by atoms with Gasteiger partial charge in [0.1, 0.15) is 6.54 Å². The number of aliphatic imine (C=N–C) groups is 1. The summed E-state index contributed by atoms with van der Waals surface area (Å²) in [5.74, 6) is -0.239. The van der Waals surface area contributed by atoms with Crippen LogP contribution in [0.2, 0.25) is 5.02 Å². The standard InChI is InChI=1S/C22H17ClF3N7O/c1-28-7-13-6-16(9-29-19(13)27)33-10-14-8-30-21(31-11-22(24,25)26)32-18(14)17(20(33)34)12-2-4-15(23)5-3-12/h2-10,27-28H,11H2,1H3,(H,31,32)/b13-7-,27-19?. The van der Waals surface area contributed by atoms with E-state index in [4.69, 9.17) is 17.0 Å². The van der Waals surface area contributed by atoms with Crippen molar-refractivity contribution >= 4 is 46.2 Å². The summed E-state index contributed by atoms with van der Waals surface area (Å²) in [7, 11) is 1.68. The van der Waals surface area contributed by atoms with Crippen LogP contribution in [0.15, 0.2) is 64.3 Å². The van der Waals surface area contributed by atoms with Crippen molar-refractivity contribution in [2.45, 2.75) is 6.18 Å². The number of allylic oxidation sites excluding steroid dienone is 1. The van der Waals surface area contributed by atoms with Crippen LogP contribution in [0.4, 0.5) is 19.1 Å². The maximum absolute atomic E-state index is 13.6. The van der Waals surface area contributed by atoms with E-state index < -0.39 is 18.3 Å². The van der Waals surface area contributed by atoms with Crippen LogP contribution in [-0.4, -0.2) is 46.4 Å². The summed E-state index contributed by atoms with van der Waals surface area (Å²) in [4.78, 5) is 25.8. The first-order chi connectivity index (χ1) is 16.2. The van der Waals surface area contributed by atoms with Gasteiger partial charge in [-0.3, -0.25) is 14.8 Å². The van der Waals surface area contributed by atoms with Gasteiger partial charge in [0.2, 0.25) is 5.95 Å². The van der Waals surface area contributed by atoms with Crippen LogP contribution in [0, 0.1) is 5.41 Å². The van der Waals surface area contributed by atoms with E-state index in [9.17, 15) is 18.0 Å². The van der Waals surface area contributed by atoms with Crippen LogP contribution in [0.3, 0.4) is 0 Å². The highest BCUT2D eigenvalue weighted by Crippen LogP contribution is 2.27. The van der Waals surface area contributed by atoms with Crippen LogP contribution in [0.1, 0.15) is 0 Å². The van der Waals surface area contributed by atoms with Crippen molar-refractivity contribution in [2.75, 3.05) is 18.9 Å². The molecule has 0 saturated carbocycles. The second kappa shape index (κ2) is 9.10. The van der Waals surface area contributed by atoms with Crippen molar-refractivity contribution in [1.82, 2.24) is 19.9 Å². The largest absolute Gasteiger partial charge is 0.405 e. The molecular formula is C22H17ClF3N7O. The zero-order valence-corrected chi connectivity index (χ0v) is 18.4. The fraction of sp³-hybridized carbons (Fsp3) is 0.136. The lowest BCUT2D eigenvalue weighted by atomic mass is 10.0. The maximum Gasteiger partial charge on any atom is 0.405 e. The normalized spacial score (nSPS) is 15.0. The van der Waals surface area contributed by atoms with Crippen LogP contribution < -0.4 is 16.2 Å². The molecule has 174 valence electrons. The number of halogens is 4. The van der Waals surface area contributed by atoms with Crippen molar-refractivity contribution in [3.05, 3.63) is 69.9 Å². The minimum Gasteiger partial charge on any atom is -0.393 e. The molecule has 1 aliphatic rings. The SMILES string of the molecule is CN/C=C1/C=C(n2cc3cnc(NCC(F)(F)F)nc3c(-c3ccc(Cl)cc3)c2=O)C=NC1=N. The van der Waals surface area contributed by atoms with Gasteiger partial charge in [-0.2, -0.15) is 13.2 Å². The first-order valence-corrected chi connectivity index (χ1v) is 10.3. The number of nitrogens with one attached hydrogen (secondary N) is 3. The van der Waals surface area contributed by atoms with Crippen LogP contribution >= 0.6 is 11.6 Å². The highest BCUT2D eigenvalue weighted by Gasteiger charge is 2.27. The van der Waals surface area contributed by atoms with Gasteiger partial charge in [0.05, 0.1) is 23.0 Å². The average Bonchev–Trinajstić information content (AvgIpc) is 2.79. The Morgan fingerprint density at radius 1 is 1.24 bits per heavy atom. The van der Waals surface area contributed by atoms with Gasteiger partial charge in [0.15, 0.2) is 5.84 Å². The zero-order valence-electron chi connectivity index (χ0n) is 17.6. The molecule has 3 N–H and O–H groups in total. The quantitative estimate of drug-likeness (QED) is 0.502. The van der Waals surface area contributed by atoms with Gasteiger partial charge < -0.3 is 10.6 Å². The van der Waals surface area contributed by atoms with E-state index in [2.05, 4.69) is 25.6 Å². The number of alkyl halides is 3. The number of fused-ring (bicyclic) bond motifs is 1. The summed E-state index contributed by atoms with van der Waals surface area (Å²) in [6.07, 6.45) is 2.93. The summed E-state index contributed by atoms with van der Waals surface area (Å²) in [5, 5.41) is 13.8. The van der Waals surface area contributed by atoms with Crippen molar-refractivity contribution < 1.29 is 13.2 Å². The third-order valence-electron chi connectivity index (χ3n) is 4.82. The highest BCUT2D eigenvalue weighted by atomic mass is 35.5. The lowest BCUT2D eigenvalue weighted by Gasteiger charge is -2.16. The average molecular weight is 488 g/mol. The van der Waals surface area contributed by atoms with Crippen LogP contribution in [0.25, 0.3) is 27.7 Å². The number of hydrogen-bond donors (Lipinski definition) is 3. The van der Waals surface area contributed by atoms with Gasteiger partial charge in [-0.05, 0) is 23.8 Å². The number of dihydropyridines is 1. The Morgan fingerprint density at radius 2 is 1.97 bits per heavy atom. The van der Waals surface area contributed by atoms with Gasteiger partial charge in [-0.15, -0.1) is 0 Å². The van der Waals surface area contributed by atoms with Crippen molar-refractivity contribution in [3.63, 3.8) is 0 Å². The van der Waals surface area contributed by atoms with E-state index in [-0.39, 0.29) is 22.9 Å². The van der Waals surface area contributed by atoms with Crippen LogP contribution in [0.5, 0.6) is 0 Å². The van der Waals surface area contributed by atoms with Crippen molar-refractivity contribution in [1.29, 1.82) is 5.41 Å². The number of amidine groups is 1. The number of hydrogen-bond acceptors (Lipinski definition) is 6. The monoisotopic (exact) mass is 487 g/mol. The molecule has 34 heavy (non-hydrogen) atoms. The summed E-state index contributed by atoms with van der Waals surface area (Å²) in [6.45, 7) is -1.32. The Bertz CT molecular complexity index is 1420. The molecule has 0 radical (unpaired) electrons. The first kappa shape index (κ1) is 23.2. The Labute approximate surface area is 196 Å².